The minimum atomic E-state index is -0.232. The molecule has 0 aromatic heterocycles. The first-order valence-electron chi connectivity index (χ1n) is 8.36. The lowest BCUT2D eigenvalue weighted by Gasteiger charge is -2.18. The highest BCUT2D eigenvalue weighted by molar-refractivity contribution is 5.97. The number of anilines is 1. The molecule has 4 nitrogen and oxygen atoms in total. The zero-order valence-corrected chi connectivity index (χ0v) is 14.4. The summed E-state index contributed by atoms with van der Waals surface area (Å²) >= 11 is 0. The summed E-state index contributed by atoms with van der Waals surface area (Å²) < 4.78 is 5.47. The molecule has 0 amide bonds. The Morgan fingerprint density at radius 1 is 1.23 bits per heavy atom. The van der Waals surface area contributed by atoms with Crippen LogP contribution in [0.2, 0.25) is 0 Å². The fraction of sp³-hybridized carbons (Fsp3) is 0.611. The summed E-state index contributed by atoms with van der Waals surface area (Å²) in [4.78, 5) is 14.6. The van der Waals surface area contributed by atoms with Crippen molar-refractivity contribution in [2.75, 3.05) is 38.1 Å². The first-order valence-corrected chi connectivity index (χ1v) is 8.36. The Morgan fingerprint density at radius 2 is 1.95 bits per heavy atom. The number of likely N-dealkylation sites (N-methyl/N-ethyl adjacent to an activating group) is 1. The Morgan fingerprint density at radius 3 is 2.59 bits per heavy atom. The summed E-state index contributed by atoms with van der Waals surface area (Å²) in [5.74, 6) is -0.232. The Labute approximate surface area is 134 Å². The van der Waals surface area contributed by atoms with Gasteiger partial charge in [0.05, 0.1) is 5.56 Å². The van der Waals surface area contributed by atoms with Crippen LogP contribution in [0, 0.1) is 6.92 Å². The zero-order chi connectivity index (χ0) is 16.4. The number of hydrogen-bond donors (Lipinski definition) is 1. The normalized spacial score (nSPS) is 10.8. The van der Waals surface area contributed by atoms with Gasteiger partial charge in [-0.2, -0.15) is 0 Å². The molecular formula is C18H30N2O2. The molecular weight excluding hydrogens is 276 g/mol. The second kappa shape index (κ2) is 10.2. The topological polar surface area (TPSA) is 41.6 Å². The minimum Gasteiger partial charge on any atom is -0.461 e. The average molecular weight is 306 g/mol. The summed E-state index contributed by atoms with van der Waals surface area (Å²) in [6.07, 6.45) is 2.22. The van der Waals surface area contributed by atoms with Crippen LogP contribution in [0.5, 0.6) is 0 Å². The largest absolute Gasteiger partial charge is 0.461 e. The highest BCUT2D eigenvalue weighted by Crippen LogP contribution is 2.20. The lowest BCUT2D eigenvalue weighted by Crippen LogP contribution is -2.28. The van der Waals surface area contributed by atoms with Gasteiger partial charge >= 0.3 is 5.97 Å². The van der Waals surface area contributed by atoms with Crippen molar-refractivity contribution in [1.82, 2.24) is 4.90 Å². The van der Waals surface area contributed by atoms with Crippen molar-refractivity contribution in [3.63, 3.8) is 0 Å². The maximum atomic E-state index is 12.4. The molecule has 1 aromatic rings. The maximum Gasteiger partial charge on any atom is 0.340 e. The number of unbranched alkanes of at least 4 members (excludes halogenated alkanes) is 1. The first-order chi connectivity index (χ1) is 10.6. The molecule has 0 spiro atoms. The number of nitrogens with one attached hydrogen (secondary N) is 1. The summed E-state index contributed by atoms with van der Waals surface area (Å²) in [7, 11) is 0. The first kappa shape index (κ1) is 18.5. The molecule has 0 radical (unpaired) electrons. The van der Waals surface area contributed by atoms with Crippen LogP contribution >= 0.6 is 0 Å². The zero-order valence-electron chi connectivity index (χ0n) is 14.4. The van der Waals surface area contributed by atoms with E-state index in [0.29, 0.717) is 12.2 Å². The van der Waals surface area contributed by atoms with Crippen LogP contribution in [0.1, 0.15) is 49.5 Å². The van der Waals surface area contributed by atoms with Gasteiger partial charge in [-0.1, -0.05) is 39.3 Å². The van der Waals surface area contributed by atoms with Gasteiger partial charge in [0.1, 0.15) is 6.61 Å². The summed E-state index contributed by atoms with van der Waals surface area (Å²) in [6.45, 7) is 12.4. The summed E-state index contributed by atoms with van der Waals surface area (Å²) in [6, 6.07) is 5.87. The smallest absolute Gasteiger partial charge is 0.340 e. The van der Waals surface area contributed by atoms with Gasteiger partial charge < -0.3 is 15.0 Å². The SMILES string of the molecule is CCCCNc1cccc(C)c1C(=O)OCCN(CC)CC. The molecule has 124 valence electrons. The molecule has 0 aliphatic rings. The van der Waals surface area contributed by atoms with Gasteiger partial charge in [-0.25, -0.2) is 4.79 Å². The number of benzene rings is 1. The number of aryl methyl sites for hydroxylation is 1. The van der Waals surface area contributed by atoms with Crippen LogP contribution in [-0.2, 0) is 4.74 Å². The number of rotatable bonds is 10. The van der Waals surface area contributed by atoms with Crippen molar-refractivity contribution in [3.8, 4) is 0 Å². The third-order valence-electron chi connectivity index (χ3n) is 3.86. The number of carbonyl (C=O) groups is 1. The van der Waals surface area contributed by atoms with Crippen LogP contribution in [0.15, 0.2) is 18.2 Å². The summed E-state index contributed by atoms with van der Waals surface area (Å²) in [5, 5.41) is 3.35. The third kappa shape index (κ3) is 5.68. The second-order valence-electron chi connectivity index (χ2n) is 5.44. The highest BCUT2D eigenvalue weighted by atomic mass is 16.5. The minimum absolute atomic E-state index is 0.232. The van der Waals surface area contributed by atoms with Crippen molar-refractivity contribution in [2.24, 2.45) is 0 Å². The average Bonchev–Trinajstić information content (AvgIpc) is 2.52. The van der Waals surface area contributed by atoms with Gasteiger partial charge in [0.15, 0.2) is 0 Å². The Bertz CT molecular complexity index is 456. The van der Waals surface area contributed by atoms with Gasteiger partial charge in [0.25, 0.3) is 0 Å². The van der Waals surface area contributed by atoms with E-state index in [2.05, 4.69) is 31.0 Å². The molecule has 0 bridgehead atoms. The lowest BCUT2D eigenvalue weighted by molar-refractivity contribution is 0.0466. The van der Waals surface area contributed by atoms with Crippen LogP contribution in [0.25, 0.3) is 0 Å². The third-order valence-corrected chi connectivity index (χ3v) is 3.86. The van der Waals surface area contributed by atoms with E-state index < -0.39 is 0 Å². The van der Waals surface area contributed by atoms with Crippen molar-refractivity contribution in [3.05, 3.63) is 29.3 Å². The monoisotopic (exact) mass is 306 g/mol. The predicted octanol–water partition coefficient (Wildman–Crippen LogP) is 3.71. The van der Waals surface area contributed by atoms with E-state index in [0.717, 1.165) is 50.3 Å². The van der Waals surface area contributed by atoms with Gasteiger partial charge in [0.2, 0.25) is 0 Å². The molecule has 1 N–H and O–H groups in total. The Kier molecular flexibility index (Phi) is 8.60. The molecule has 0 saturated carbocycles. The van der Waals surface area contributed by atoms with E-state index in [4.69, 9.17) is 4.74 Å². The van der Waals surface area contributed by atoms with Crippen LogP contribution in [0.4, 0.5) is 5.69 Å². The van der Waals surface area contributed by atoms with Crippen molar-refractivity contribution < 1.29 is 9.53 Å². The van der Waals surface area contributed by atoms with Crippen LogP contribution in [0.3, 0.4) is 0 Å². The van der Waals surface area contributed by atoms with Crippen molar-refractivity contribution >= 4 is 11.7 Å². The van der Waals surface area contributed by atoms with Gasteiger partial charge in [-0.3, -0.25) is 0 Å². The quantitative estimate of drug-likeness (QED) is 0.528. The van der Waals surface area contributed by atoms with Crippen LogP contribution < -0.4 is 5.32 Å². The van der Waals surface area contributed by atoms with Gasteiger partial charge in [-0.05, 0) is 38.1 Å². The molecule has 1 aromatic carbocycles. The highest BCUT2D eigenvalue weighted by Gasteiger charge is 2.15. The van der Waals surface area contributed by atoms with E-state index in [1.807, 2.05) is 25.1 Å². The summed E-state index contributed by atoms with van der Waals surface area (Å²) in [5.41, 5.74) is 2.49. The molecule has 0 heterocycles. The molecule has 22 heavy (non-hydrogen) atoms. The number of hydrogen-bond acceptors (Lipinski definition) is 4. The molecule has 0 fully saturated rings. The number of nitrogens with zero attached hydrogens (tertiary/aromatic N) is 1. The standard InChI is InChI=1S/C18H30N2O2/c1-5-8-12-19-16-11-9-10-15(4)17(16)18(21)22-14-13-20(6-2)7-3/h9-11,19H,5-8,12-14H2,1-4H3. The predicted molar refractivity (Wildman–Crippen MR) is 92.6 cm³/mol. The Hall–Kier alpha value is -1.55. The molecule has 0 atom stereocenters. The number of carbonyl (C=O) groups excluding carboxylic acids is 1. The van der Waals surface area contributed by atoms with Crippen molar-refractivity contribution in [2.45, 2.75) is 40.5 Å². The van der Waals surface area contributed by atoms with E-state index in [1.54, 1.807) is 0 Å². The molecule has 1 rings (SSSR count). The lowest BCUT2D eigenvalue weighted by atomic mass is 10.1. The van der Waals surface area contributed by atoms with Crippen LogP contribution in [-0.4, -0.2) is 43.7 Å². The van der Waals surface area contributed by atoms with Crippen molar-refractivity contribution in [1.29, 1.82) is 0 Å². The molecule has 0 aliphatic carbocycles. The van der Waals surface area contributed by atoms with Gasteiger partial charge in [0, 0.05) is 18.8 Å². The fourth-order valence-corrected chi connectivity index (χ4v) is 2.37. The second-order valence-corrected chi connectivity index (χ2v) is 5.44. The Balaban J connectivity index is 2.66. The molecule has 4 heteroatoms. The maximum absolute atomic E-state index is 12.4. The number of esters is 1. The van der Waals surface area contributed by atoms with E-state index >= 15 is 0 Å². The number of ether oxygens (including phenoxy) is 1. The van der Waals surface area contributed by atoms with Gasteiger partial charge in [-0.15, -0.1) is 0 Å². The fourth-order valence-electron chi connectivity index (χ4n) is 2.37. The molecule has 0 aliphatic heterocycles. The molecule has 0 saturated heterocycles. The van der Waals surface area contributed by atoms with E-state index in [-0.39, 0.29) is 5.97 Å². The molecule has 0 unspecified atom stereocenters. The van der Waals surface area contributed by atoms with E-state index in [1.165, 1.54) is 0 Å². The van der Waals surface area contributed by atoms with E-state index in [9.17, 15) is 4.79 Å².